The third-order valence-corrected chi connectivity index (χ3v) is 5.91. The summed E-state index contributed by atoms with van der Waals surface area (Å²) >= 11 is 4.51. The average molecular weight is 306 g/mol. The molecule has 18 heavy (non-hydrogen) atoms. The minimum absolute atomic E-state index is 0.0446. The van der Waals surface area contributed by atoms with Crippen LogP contribution < -0.4 is 0 Å². The molecule has 0 bridgehead atoms. The molecule has 0 amide bonds. The maximum absolute atomic E-state index is 11.1. The van der Waals surface area contributed by atoms with Crippen molar-refractivity contribution < 1.29 is 19.1 Å². The van der Waals surface area contributed by atoms with Gasteiger partial charge < -0.3 is 9.47 Å². The first-order valence-corrected chi connectivity index (χ1v) is 8.05. The van der Waals surface area contributed by atoms with Gasteiger partial charge in [-0.05, 0) is 11.4 Å². The van der Waals surface area contributed by atoms with E-state index < -0.39 is 0 Å². The van der Waals surface area contributed by atoms with Gasteiger partial charge in [-0.3, -0.25) is 9.59 Å². The Kier molecular flexibility index (Phi) is 7.22. The van der Waals surface area contributed by atoms with E-state index in [0.717, 1.165) is 4.88 Å². The second-order valence-corrected chi connectivity index (χ2v) is 6.59. The highest BCUT2D eigenvalue weighted by Crippen LogP contribution is 2.41. The predicted molar refractivity (Wildman–Crippen MR) is 76.0 cm³/mol. The lowest BCUT2D eigenvalue weighted by molar-refractivity contribution is -0.138. The highest BCUT2D eigenvalue weighted by Gasteiger charge is 2.17. The molecule has 0 fully saturated rings. The molecule has 100 valence electrons. The minimum Gasteiger partial charge on any atom is -0.468 e. The molecular weight excluding hydrogens is 292 g/mol. The summed E-state index contributed by atoms with van der Waals surface area (Å²) in [6, 6.07) is 3.94. The van der Waals surface area contributed by atoms with E-state index in [1.807, 2.05) is 17.5 Å². The van der Waals surface area contributed by atoms with Gasteiger partial charge in [-0.25, -0.2) is 0 Å². The van der Waals surface area contributed by atoms with Crippen LogP contribution >= 0.6 is 34.9 Å². The van der Waals surface area contributed by atoms with Crippen molar-refractivity contribution in [2.45, 2.75) is 4.58 Å². The van der Waals surface area contributed by atoms with Crippen molar-refractivity contribution in [3.05, 3.63) is 22.4 Å². The molecule has 0 saturated carbocycles. The lowest BCUT2D eigenvalue weighted by Crippen LogP contribution is -2.07. The first-order valence-electron chi connectivity index (χ1n) is 5.07. The zero-order chi connectivity index (χ0) is 13.4. The third-order valence-electron chi connectivity index (χ3n) is 1.94. The van der Waals surface area contributed by atoms with Crippen LogP contribution in [-0.4, -0.2) is 37.7 Å². The molecule has 7 heteroatoms. The monoisotopic (exact) mass is 306 g/mol. The Labute approximate surface area is 118 Å². The van der Waals surface area contributed by atoms with Crippen LogP contribution in [0.3, 0.4) is 0 Å². The summed E-state index contributed by atoms with van der Waals surface area (Å²) in [5.74, 6) is 0.0148. The highest BCUT2D eigenvalue weighted by atomic mass is 32.2. The van der Waals surface area contributed by atoms with E-state index in [9.17, 15) is 9.59 Å². The van der Waals surface area contributed by atoms with Crippen LogP contribution in [-0.2, 0) is 19.1 Å². The minimum atomic E-state index is -0.264. The Bertz CT molecular complexity index is 358. The van der Waals surface area contributed by atoms with E-state index in [1.54, 1.807) is 11.3 Å². The maximum atomic E-state index is 11.1. The van der Waals surface area contributed by atoms with Crippen LogP contribution in [0.4, 0.5) is 0 Å². The average Bonchev–Trinajstić information content (AvgIpc) is 2.91. The predicted octanol–water partition coefficient (Wildman–Crippen LogP) is 2.56. The number of hydrogen-bond donors (Lipinski definition) is 0. The van der Waals surface area contributed by atoms with Gasteiger partial charge in [0.25, 0.3) is 0 Å². The molecular formula is C11H14O4S3. The number of thiophene rings is 1. The standard InChI is InChI=1S/C11H14O4S3/c1-14-9(12)6-17-11(8-4-3-5-16-8)18-7-10(13)15-2/h3-5,11H,6-7H2,1-2H3. The molecule has 0 aliphatic rings. The van der Waals surface area contributed by atoms with Gasteiger partial charge in [0.2, 0.25) is 0 Å². The van der Waals surface area contributed by atoms with Crippen LogP contribution in [0.2, 0.25) is 0 Å². The molecule has 1 aromatic rings. The smallest absolute Gasteiger partial charge is 0.315 e. The lowest BCUT2D eigenvalue weighted by Gasteiger charge is -2.13. The van der Waals surface area contributed by atoms with Gasteiger partial charge in [-0.15, -0.1) is 34.9 Å². The third kappa shape index (κ3) is 5.32. The second-order valence-electron chi connectivity index (χ2n) is 3.12. The fourth-order valence-corrected chi connectivity index (χ4v) is 4.46. The van der Waals surface area contributed by atoms with E-state index in [-0.39, 0.29) is 28.0 Å². The van der Waals surface area contributed by atoms with Crippen molar-refractivity contribution >= 4 is 46.8 Å². The van der Waals surface area contributed by atoms with Crippen molar-refractivity contribution in [1.29, 1.82) is 0 Å². The molecule has 1 rings (SSSR count). The maximum Gasteiger partial charge on any atom is 0.315 e. The number of thioether (sulfide) groups is 2. The summed E-state index contributed by atoms with van der Waals surface area (Å²) in [4.78, 5) is 23.4. The van der Waals surface area contributed by atoms with E-state index in [1.165, 1.54) is 37.7 Å². The quantitative estimate of drug-likeness (QED) is 0.570. The van der Waals surface area contributed by atoms with Gasteiger partial charge in [0.15, 0.2) is 0 Å². The Balaban J connectivity index is 2.53. The SMILES string of the molecule is COC(=O)CSC(SCC(=O)OC)c1cccs1. The van der Waals surface area contributed by atoms with Crippen molar-refractivity contribution in [3.8, 4) is 0 Å². The molecule has 4 nitrogen and oxygen atoms in total. The van der Waals surface area contributed by atoms with Crippen LogP contribution in [0.15, 0.2) is 17.5 Å². The molecule has 0 aliphatic heterocycles. The van der Waals surface area contributed by atoms with E-state index in [4.69, 9.17) is 0 Å². The zero-order valence-electron chi connectivity index (χ0n) is 10.1. The number of methoxy groups -OCH3 is 2. The normalized spacial score (nSPS) is 10.4. The molecule has 1 aromatic heterocycles. The number of ether oxygens (including phenoxy) is 2. The summed E-state index contributed by atoms with van der Waals surface area (Å²) in [5.41, 5.74) is 0. The van der Waals surface area contributed by atoms with E-state index >= 15 is 0 Å². The molecule has 0 unspecified atom stereocenters. The van der Waals surface area contributed by atoms with Gasteiger partial charge in [-0.2, -0.15) is 0 Å². The van der Waals surface area contributed by atoms with Gasteiger partial charge in [0, 0.05) is 4.88 Å². The molecule has 0 N–H and O–H groups in total. The summed E-state index contributed by atoms with van der Waals surface area (Å²) in [6.07, 6.45) is 0. The van der Waals surface area contributed by atoms with E-state index in [2.05, 4.69) is 9.47 Å². The van der Waals surface area contributed by atoms with E-state index in [0.29, 0.717) is 0 Å². The van der Waals surface area contributed by atoms with Crippen molar-refractivity contribution in [2.75, 3.05) is 25.7 Å². The fourth-order valence-electron chi connectivity index (χ4n) is 1.04. The van der Waals surface area contributed by atoms with Crippen molar-refractivity contribution in [1.82, 2.24) is 0 Å². The number of carbonyl (C=O) groups is 2. The van der Waals surface area contributed by atoms with Gasteiger partial charge in [0.1, 0.15) is 0 Å². The van der Waals surface area contributed by atoms with Crippen molar-refractivity contribution in [2.24, 2.45) is 0 Å². The highest BCUT2D eigenvalue weighted by molar-refractivity contribution is 8.17. The number of hydrogen-bond acceptors (Lipinski definition) is 7. The van der Waals surface area contributed by atoms with Crippen LogP contribution in [0.1, 0.15) is 9.46 Å². The molecule has 1 heterocycles. The number of carbonyl (C=O) groups excluding carboxylic acids is 2. The summed E-state index contributed by atoms with van der Waals surface area (Å²) < 4.78 is 9.26. The molecule has 0 saturated heterocycles. The topological polar surface area (TPSA) is 52.6 Å². The van der Waals surface area contributed by atoms with Crippen molar-refractivity contribution in [3.63, 3.8) is 0 Å². The second kappa shape index (κ2) is 8.44. The van der Waals surface area contributed by atoms with Crippen LogP contribution in [0.5, 0.6) is 0 Å². The number of rotatable bonds is 7. The molecule has 0 aliphatic carbocycles. The molecule has 0 atom stereocenters. The number of esters is 2. The first-order chi connectivity index (χ1) is 8.67. The zero-order valence-corrected chi connectivity index (χ0v) is 12.5. The van der Waals surface area contributed by atoms with Gasteiger partial charge >= 0.3 is 11.9 Å². The Morgan fingerprint density at radius 3 is 2.17 bits per heavy atom. The van der Waals surface area contributed by atoms with Gasteiger partial charge in [0.05, 0.1) is 30.3 Å². The molecule has 0 spiro atoms. The Morgan fingerprint density at radius 1 is 1.22 bits per heavy atom. The lowest BCUT2D eigenvalue weighted by atomic mass is 10.5. The van der Waals surface area contributed by atoms with Gasteiger partial charge in [-0.1, -0.05) is 6.07 Å². The Hall–Kier alpha value is -0.660. The fraction of sp³-hybridized carbons (Fsp3) is 0.455. The van der Waals surface area contributed by atoms with Crippen LogP contribution in [0, 0.1) is 0 Å². The summed E-state index contributed by atoms with van der Waals surface area (Å²) in [6.45, 7) is 0. The molecule has 0 aromatic carbocycles. The van der Waals surface area contributed by atoms with Crippen LogP contribution in [0.25, 0.3) is 0 Å². The first kappa shape index (κ1) is 15.4. The largest absolute Gasteiger partial charge is 0.468 e. The Morgan fingerprint density at radius 2 is 1.78 bits per heavy atom. The summed E-state index contributed by atoms with van der Waals surface area (Å²) in [7, 11) is 2.73. The summed E-state index contributed by atoms with van der Waals surface area (Å²) in [5, 5.41) is 1.97. The molecule has 0 radical (unpaired) electrons.